The zero-order valence-corrected chi connectivity index (χ0v) is 6.07. The predicted octanol–water partition coefficient (Wildman–Crippen LogP) is -0.114. The van der Waals surface area contributed by atoms with Crippen molar-refractivity contribution in [1.29, 1.82) is 0 Å². The normalized spacial score (nSPS) is 44.5. The highest BCUT2D eigenvalue weighted by molar-refractivity contribution is 5.28. The number of aromatic nitrogens is 2. The average Bonchev–Trinajstić information content (AvgIpc) is 2.26. The molecule has 1 aliphatic rings. The van der Waals surface area contributed by atoms with Gasteiger partial charge in [0.25, 0.3) is 0 Å². The van der Waals surface area contributed by atoms with Crippen LogP contribution in [0.4, 0.5) is 5.95 Å². The maximum absolute atomic E-state index is 7.82. The Hall–Kier alpha value is -1.16. The molecule has 0 aromatic carbocycles. The highest BCUT2D eigenvalue weighted by Gasteiger charge is 2.11. The van der Waals surface area contributed by atoms with Crippen LogP contribution in [0.1, 0.15) is 11.0 Å². The van der Waals surface area contributed by atoms with Crippen molar-refractivity contribution in [1.82, 2.24) is 15.3 Å². The Kier molecular flexibility index (Phi) is 0.776. The molecule has 2 heterocycles. The molecule has 4 nitrogen and oxygen atoms in total. The lowest BCUT2D eigenvalue weighted by atomic mass is 10.4. The van der Waals surface area contributed by atoms with E-state index >= 15 is 0 Å². The van der Waals surface area contributed by atoms with Crippen molar-refractivity contribution >= 4 is 5.95 Å². The number of piperazine rings is 1. The van der Waals surface area contributed by atoms with Crippen molar-refractivity contribution in [2.24, 2.45) is 0 Å². The SMILES string of the molecule is [2H]C1([2H])NC([2H])([2H])C([2H])([2H])N(c2ncccn2)C1([2H])[2H]. The monoisotopic (exact) mass is 172 g/mol. The summed E-state index contributed by atoms with van der Waals surface area (Å²) in [5.41, 5.74) is 0. The van der Waals surface area contributed by atoms with Crippen LogP contribution in [-0.2, 0) is 0 Å². The second-order valence-electron chi connectivity index (χ2n) is 1.98. The smallest absolute Gasteiger partial charge is 0.225 e. The molecule has 2 rings (SSSR count). The van der Waals surface area contributed by atoms with E-state index in [4.69, 9.17) is 11.0 Å². The summed E-state index contributed by atoms with van der Waals surface area (Å²) in [6.45, 7) is -11.5. The van der Waals surface area contributed by atoms with Crippen molar-refractivity contribution in [2.75, 3.05) is 30.9 Å². The van der Waals surface area contributed by atoms with E-state index in [1.54, 1.807) is 5.32 Å². The van der Waals surface area contributed by atoms with E-state index in [-0.39, 0.29) is 4.90 Å². The number of anilines is 1. The molecule has 0 unspecified atom stereocenters. The first kappa shape index (κ1) is 2.67. The van der Waals surface area contributed by atoms with Gasteiger partial charge in [-0.15, -0.1) is 0 Å². The first-order valence-corrected chi connectivity index (χ1v) is 3.30. The molecule has 0 aliphatic carbocycles. The van der Waals surface area contributed by atoms with Crippen molar-refractivity contribution in [3.63, 3.8) is 0 Å². The number of hydrogen-bond acceptors (Lipinski definition) is 4. The lowest BCUT2D eigenvalue weighted by Gasteiger charge is -2.26. The van der Waals surface area contributed by atoms with E-state index in [1.807, 2.05) is 0 Å². The van der Waals surface area contributed by atoms with E-state index in [0.717, 1.165) is 0 Å². The van der Waals surface area contributed by atoms with Gasteiger partial charge in [0.05, 0.1) is 5.48 Å². The molecule has 0 bridgehead atoms. The Bertz CT molecular complexity index is 478. The minimum absolute atomic E-state index is 0.288. The van der Waals surface area contributed by atoms with Crippen LogP contribution in [0, 0.1) is 0 Å². The van der Waals surface area contributed by atoms with Gasteiger partial charge >= 0.3 is 0 Å². The summed E-state index contributed by atoms with van der Waals surface area (Å²) in [6.07, 6.45) is 2.48. The van der Waals surface area contributed by atoms with Gasteiger partial charge in [0.1, 0.15) is 0 Å². The quantitative estimate of drug-likeness (QED) is 0.641. The average molecular weight is 172 g/mol. The van der Waals surface area contributed by atoms with Crippen molar-refractivity contribution in [3.8, 4) is 0 Å². The second-order valence-corrected chi connectivity index (χ2v) is 1.98. The van der Waals surface area contributed by atoms with Gasteiger partial charge in [-0.25, -0.2) is 9.97 Å². The molecular formula is C8H12N4. The third-order valence-corrected chi connectivity index (χ3v) is 1.21. The van der Waals surface area contributed by atoms with Crippen LogP contribution in [0.3, 0.4) is 0 Å². The molecule has 1 fully saturated rings. The fourth-order valence-electron chi connectivity index (χ4n) is 0.734. The topological polar surface area (TPSA) is 41.0 Å². The fourth-order valence-corrected chi connectivity index (χ4v) is 0.734. The lowest BCUT2D eigenvalue weighted by Crippen LogP contribution is -2.44. The number of hydrogen-bond donors (Lipinski definition) is 1. The molecule has 4 heteroatoms. The summed E-state index contributed by atoms with van der Waals surface area (Å²) in [4.78, 5) is 7.69. The van der Waals surface area contributed by atoms with E-state index < -0.39 is 31.9 Å². The van der Waals surface area contributed by atoms with Crippen LogP contribution in [0.5, 0.6) is 0 Å². The highest BCUT2D eigenvalue weighted by Crippen LogP contribution is 2.04. The zero-order valence-electron chi connectivity index (χ0n) is 14.1. The molecule has 1 aromatic heterocycles. The van der Waals surface area contributed by atoms with Gasteiger partial charge in [-0.3, -0.25) is 0 Å². The highest BCUT2D eigenvalue weighted by atomic mass is 15.3. The van der Waals surface area contributed by atoms with Crippen LogP contribution < -0.4 is 10.2 Å². The Balaban J connectivity index is 2.65. The van der Waals surface area contributed by atoms with Crippen LogP contribution >= 0.6 is 0 Å². The van der Waals surface area contributed by atoms with Crippen molar-refractivity contribution < 1.29 is 11.0 Å². The van der Waals surface area contributed by atoms with Gasteiger partial charge in [0, 0.05) is 43.9 Å². The van der Waals surface area contributed by atoms with Gasteiger partial charge in [-0.05, 0) is 6.07 Å². The van der Waals surface area contributed by atoms with Gasteiger partial charge in [0.15, 0.2) is 0 Å². The first-order chi connectivity index (χ1) is 8.93. The summed E-state index contributed by atoms with van der Waals surface area (Å²) < 4.78 is 61.8. The number of nitrogens with one attached hydrogen (secondary N) is 1. The summed E-state index contributed by atoms with van der Waals surface area (Å²) in [5.74, 6) is -0.434. The second kappa shape index (κ2) is 3.49. The van der Waals surface area contributed by atoms with Crippen molar-refractivity contribution in [3.05, 3.63) is 18.5 Å². The Morgan fingerprint density at radius 2 is 2.00 bits per heavy atom. The standard InChI is InChI=1S/C8H12N4/c1-2-10-8(11-3-1)12-6-4-9-5-7-12/h1-3,9H,4-7H2/i4D2,5D2,6D2,7D2. The minimum atomic E-state index is -2.90. The van der Waals surface area contributed by atoms with Crippen LogP contribution in [0.25, 0.3) is 0 Å². The molecule has 1 aromatic rings. The summed E-state index contributed by atoms with van der Waals surface area (Å²) >= 11 is 0. The van der Waals surface area contributed by atoms with E-state index in [0.29, 0.717) is 0 Å². The van der Waals surface area contributed by atoms with E-state index in [9.17, 15) is 0 Å². The molecule has 0 spiro atoms. The first-order valence-electron chi connectivity index (χ1n) is 7.30. The third-order valence-electron chi connectivity index (χ3n) is 1.21. The Morgan fingerprint density at radius 3 is 2.67 bits per heavy atom. The van der Waals surface area contributed by atoms with Gasteiger partial charge in [-0.1, -0.05) is 0 Å². The number of nitrogens with zero attached hydrogens (tertiary/aromatic N) is 3. The Labute approximate surface area is 82.9 Å². The summed E-state index contributed by atoms with van der Waals surface area (Å²) in [6, 6.07) is 1.43. The van der Waals surface area contributed by atoms with Gasteiger partial charge in [0.2, 0.25) is 5.95 Å². The summed E-state index contributed by atoms with van der Waals surface area (Å²) in [7, 11) is 0. The molecule has 0 amide bonds. The van der Waals surface area contributed by atoms with Gasteiger partial charge < -0.3 is 10.2 Å². The fraction of sp³-hybridized carbons (Fsp3) is 0.500. The van der Waals surface area contributed by atoms with Crippen molar-refractivity contribution in [2.45, 2.75) is 0 Å². The van der Waals surface area contributed by atoms with E-state index in [2.05, 4.69) is 9.97 Å². The molecule has 64 valence electrons. The van der Waals surface area contributed by atoms with E-state index in [1.165, 1.54) is 18.5 Å². The molecule has 0 radical (unpaired) electrons. The summed E-state index contributed by atoms with van der Waals surface area (Å²) in [5, 5.41) is 1.73. The maximum atomic E-state index is 7.82. The number of rotatable bonds is 1. The zero-order chi connectivity index (χ0) is 15.4. The molecule has 1 saturated heterocycles. The van der Waals surface area contributed by atoms with Crippen LogP contribution in [0.15, 0.2) is 18.5 Å². The maximum Gasteiger partial charge on any atom is 0.225 e. The largest absolute Gasteiger partial charge is 0.338 e. The third kappa shape index (κ3) is 1.53. The van der Waals surface area contributed by atoms with Gasteiger partial charge in [-0.2, -0.15) is 0 Å². The van der Waals surface area contributed by atoms with Crippen LogP contribution in [-0.4, -0.2) is 36.0 Å². The molecular weight excluding hydrogens is 152 g/mol. The molecule has 0 saturated carbocycles. The Morgan fingerprint density at radius 1 is 1.33 bits per heavy atom. The molecule has 0 atom stereocenters. The van der Waals surface area contributed by atoms with Crippen LogP contribution in [0.2, 0.25) is 0 Å². The molecule has 1 aliphatic heterocycles. The molecule has 1 N–H and O–H groups in total. The predicted molar refractivity (Wildman–Crippen MR) is 47.1 cm³/mol. The minimum Gasteiger partial charge on any atom is -0.338 e. The lowest BCUT2D eigenvalue weighted by molar-refractivity contribution is 0.580. The molecule has 12 heavy (non-hydrogen) atoms.